The highest BCUT2D eigenvalue weighted by atomic mass is 19.1. The minimum atomic E-state index is -0.517. The first-order valence-electron chi connectivity index (χ1n) is 9.09. The van der Waals surface area contributed by atoms with Crippen LogP contribution < -0.4 is 10.1 Å². The molecule has 0 aromatic heterocycles. The first kappa shape index (κ1) is 21.2. The molecule has 0 radical (unpaired) electrons. The smallest absolute Gasteiger partial charge is 0.270 e. The van der Waals surface area contributed by atoms with E-state index in [0.717, 1.165) is 0 Å². The van der Waals surface area contributed by atoms with Crippen molar-refractivity contribution in [3.63, 3.8) is 0 Å². The first-order chi connectivity index (χ1) is 14.9. The zero-order chi connectivity index (χ0) is 22.2. The average molecular weight is 417 g/mol. The van der Waals surface area contributed by atoms with E-state index in [4.69, 9.17) is 4.74 Å². The highest BCUT2D eigenvalue weighted by Crippen LogP contribution is 2.23. The molecule has 3 aromatic carbocycles. The molecular weight excluding hydrogens is 401 g/mol. The van der Waals surface area contributed by atoms with Crippen molar-refractivity contribution >= 4 is 28.9 Å². The second-order valence-electron chi connectivity index (χ2n) is 6.39. The van der Waals surface area contributed by atoms with Crippen molar-refractivity contribution in [3.8, 4) is 11.8 Å². The molecule has 0 aliphatic carbocycles. The number of ether oxygens (including phenoxy) is 1. The summed E-state index contributed by atoms with van der Waals surface area (Å²) in [5, 5.41) is 23.0. The molecule has 3 rings (SSSR count). The van der Waals surface area contributed by atoms with Gasteiger partial charge in [0.2, 0.25) is 0 Å². The quantitative estimate of drug-likeness (QED) is 0.257. The second kappa shape index (κ2) is 9.80. The van der Waals surface area contributed by atoms with Gasteiger partial charge in [0.05, 0.1) is 16.6 Å². The van der Waals surface area contributed by atoms with Crippen LogP contribution in [-0.4, -0.2) is 17.4 Å². The van der Waals surface area contributed by atoms with Crippen molar-refractivity contribution < 1.29 is 18.8 Å². The summed E-state index contributed by atoms with van der Waals surface area (Å²) in [5.41, 5.74) is 1.76. The number of halogens is 1. The van der Waals surface area contributed by atoms with Crippen molar-refractivity contribution in [2.45, 2.75) is 0 Å². The van der Waals surface area contributed by atoms with Gasteiger partial charge in [-0.05, 0) is 53.6 Å². The maximum absolute atomic E-state index is 12.9. The van der Waals surface area contributed by atoms with Gasteiger partial charge in [0, 0.05) is 17.8 Å². The van der Waals surface area contributed by atoms with E-state index in [1.54, 1.807) is 36.4 Å². The third kappa shape index (κ3) is 5.98. The Morgan fingerprint density at radius 3 is 2.48 bits per heavy atom. The third-order valence-corrected chi connectivity index (χ3v) is 4.18. The number of nitro groups is 1. The monoisotopic (exact) mass is 417 g/mol. The Kier molecular flexibility index (Phi) is 6.71. The molecule has 0 saturated carbocycles. The molecule has 3 aromatic rings. The fourth-order valence-electron chi connectivity index (χ4n) is 2.67. The summed E-state index contributed by atoms with van der Waals surface area (Å²) >= 11 is 0. The van der Waals surface area contributed by atoms with Gasteiger partial charge in [-0.15, -0.1) is 0 Å². The number of nitrogens with one attached hydrogen (secondary N) is 1. The largest absolute Gasteiger partial charge is 0.484 e. The molecule has 0 atom stereocenters. The van der Waals surface area contributed by atoms with Gasteiger partial charge in [0.25, 0.3) is 11.6 Å². The van der Waals surface area contributed by atoms with Crippen LogP contribution >= 0.6 is 0 Å². The summed E-state index contributed by atoms with van der Waals surface area (Å²) in [7, 11) is 0. The van der Waals surface area contributed by atoms with Gasteiger partial charge >= 0.3 is 0 Å². The topological polar surface area (TPSA) is 105 Å². The number of carbonyl (C=O) groups excluding carboxylic acids is 1. The fourth-order valence-corrected chi connectivity index (χ4v) is 2.67. The molecule has 0 aliphatic rings. The number of hydrogen-bond acceptors (Lipinski definition) is 5. The van der Waals surface area contributed by atoms with E-state index in [0.29, 0.717) is 22.6 Å². The van der Waals surface area contributed by atoms with E-state index < -0.39 is 16.6 Å². The number of rotatable bonds is 7. The van der Waals surface area contributed by atoms with Gasteiger partial charge in [0.15, 0.2) is 6.61 Å². The molecule has 31 heavy (non-hydrogen) atoms. The van der Waals surface area contributed by atoms with Gasteiger partial charge in [-0.25, -0.2) is 4.39 Å². The van der Waals surface area contributed by atoms with Crippen LogP contribution in [0.25, 0.3) is 11.6 Å². The lowest BCUT2D eigenvalue weighted by molar-refractivity contribution is -0.384. The Morgan fingerprint density at radius 1 is 1.13 bits per heavy atom. The zero-order valence-electron chi connectivity index (χ0n) is 16.1. The van der Waals surface area contributed by atoms with Crippen LogP contribution in [0.4, 0.5) is 15.8 Å². The molecule has 0 spiro atoms. The summed E-state index contributed by atoms with van der Waals surface area (Å²) < 4.78 is 18.3. The molecule has 0 unspecified atom stereocenters. The number of non-ortho nitro benzene ring substituents is 1. The molecule has 7 nitrogen and oxygen atoms in total. The molecule has 1 amide bonds. The van der Waals surface area contributed by atoms with Crippen LogP contribution in [0.15, 0.2) is 72.8 Å². The predicted octanol–water partition coefficient (Wildman–Crippen LogP) is 4.82. The number of allylic oxidation sites excluding steroid dienone is 1. The molecule has 0 bridgehead atoms. The SMILES string of the molecule is N#CC(=Cc1ccc(OCC(=O)Nc2ccc(F)cc2)cc1)c1cccc([N+](=O)[O-])c1. The summed E-state index contributed by atoms with van der Waals surface area (Å²) in [6, 6.07) is 19.9. The molecule has 1 N–H and O–H groups in total. The van der Waals surface area contributed by atoms with Crippen LogP contribution in [-0.2, 0) is 4.79 Å². The van der Waals surface area contributed by atoms with Gasteiger partial charge in [-0.3, -0.25) is 14.9 Å². The normalized spacial score (nSPS) is 10.8. The average Bonchev–Trinajstić information content (AvgIpc) is 2.78. The van der Waals surface area contributed by atoms with E-state index in [1.165, 1.54) is 42.5 Å². The minimum absolute atomic E-state index is 0.0960. The maximum Gasteiger partial charge on any atom is 0.270 e. The van der Waals surface area contributed by atoms with Gasteiger partial charge < -0.3 is 10.1 Å². The number of nitriles is 1. The number of benzene rings is 3. The van der Waals surface area contributed by atoms with Crippen molar-refractivity contribution in [2.75, 3.05) is 11.9 Å². The van der Waals surface area contributed by atoms with Crippen molar-refractivity contribution in [2.24, 2.45) is 0 Å². The number of carbonyl (C=O) groups is 1. The summed E-state index contributed by atoms with van der Waals surface area (Å²) in [6.45, 7) is -0.232. The number of anilines is 1. The van der Waals surface area contributed by atoms with Crippen LogP contribution in [0.5, 0.6) is 5.75 Å². The van der Waals surface area contributed by atoms with E-state index in [9.17, 15) is 24.6 Å². The van der Waals surface area contributed by atoms with Gasteiger partial charge in [-0.2, -0.15) is 5.26 Å². The summed E-state index contributed by atoms with van der Waals surface area (Å²) in [4.78, 5) is 22.3. The minimum Gasteiger partial charge on any atom is -0.484 e. The van der Waals surface area contributed by atoms with Crippen molar-refractivity contribution in [3.05, 3.63) is 99.9 Å². The predicted molar refractivity (Wildman–Crippen MR) is 114 cm³/mol. The number of hydrogen-bond donors (Lipinski definition) is 1. The third-order valence-electron chi connectivity index (χ3n) is 4.18. The molecule has 0 heterocycles. The maximum atomic E-state index is 12.9. The van der Waals surface area contributed by atoms with E-state index in [2.05, 4.69) is 5.32 Å². The molecular formula is C23H16FN3O4. The van der Waals surface area contributed by atoms with E-state index in [-0.39, 0.29) is 17.9 Å². The highest BCUT2D eigenvalue weighted by molar-refractivity contribution is 5.92. The molecule has 0 fully saturated rings. The lowest BCUT2D eigenvalue weighted by Crippen LogP contribution is -2.20. The Morgan fingerprint density at radius 2 is 1.84 bits per heavy atom. The standard InChI is InChI=1S/C23H16FN3O4/c24-19-6-8-20(9-7-19)26-23(28)15-31-22-10-4-16(5-11-22)12-18(14-25)17-2-1-3-21(13-17)27(29)30/h1-13H,15H2,(H,26,28). The summed E-state index contributed by atoms with van der Waals surface area (Å²) in [6.07, 6.45) is 1.60. The molecule has 0 aliphatic heterocycles. The fraction of sp³-hybridized carbons (Fsp3) is 0.0435. The lowest BCUT2D eigenvalue weighted by atomic mass is 10.0. The van der Waals surface area contributed by atoms with Gasteiger partial charge in [-0.1, -0.05) is 24.3 Å². The number of amides is 1. The number of nitrogens with zero attached hydrogens (tertiary/aromatic N) is 2. The zero-order valence-corrected chi connectivity index (χ0v) is 16.1. The Balaban J connectivity index is 1.63. The van der Waals surface area contributed by atoms with Crippen molar-refractivity contribution in [1.29, 1.82) is 5.26 Å². The first-order valence-corrected chi connectivity index (χ1v) is 9.09. The van der Waals surface area contributed by atoms with E-state index in [1.807, 2.05) is 6.07 Å². The molecule has 0 saturated heterocycles. The van der Waals surface area contributed by atoms with Crippen LogP contribution in [0.1, 0.15) is 11.1 Å². The van der Waals surface area contributed by atoms with Crippen LogP contribution in [0.2, 0.25) is 0 Å². The lowest BCUT2D eigenvalue weighted by Gasteiger charge is -2.08. The Hall–Kier alpha value is -4.51. The van der Waals surface area contributed by atoms with E-state index >= 15 is 0 Å². The summed E-state index contributed by atoms with van der Waals surface area (Å²) in [5.74, 6) is -0.346. The second-order valence-corrected chi connectivity index (χ2v) is 6.39. The van der Waals surface area contributed by atoms with Crippen LogP contribution in [0.3, 0.4) is 0 Å². The highest BCUT2D eigenvalue weighted by Gasteiger charge is 2.09. The van der Waals surface area contributed by atoms with Gasteiger partial charge in [0.1, 0.15) is 11.6 Å². The van der Waals surface area contributed by atoms with Crippen LogP contribution in [0, 0.1) is 27.3 Å². The molecule has 154 valence electrons. The molecule has 8 heteroatoms. The Labute approximate surface area is 177 Å². The van der Waals surface area contributed by atoms with Crippen molar-refractivity contribution in [1.82, 2.24) is 0 Å². The number of nitro benzene ring substituents is 1. The Bertz CT molecular complexity index is 1170.